The van der Waals surface area contributed by atoms with Crippen molar-refractivity contribution < 1.29 is 4.52 Å². The van der Waals surface area contributed by atoms with Gasteiger partial charge < -0.3 is 15.2 Å². The van der Waals surface area contributed by atoms with Crippen molar-refractivity contribution in [1.82, 2.24) is 35.6 Å². The lowest BCUT2D eigenvalue weighted by atomic mass is 10.0. The van der Waals surface area contributed by atoms with Crippen LogP contribution in [0.3, 0.4) is 0 Å². The molecule has 0 atom stereocenters. The Morgan fingerprint density at radius 3 is 2.65 bits per heavy atom. The molecule has 1 aliphatic rings. The molecule has 31 heavy (non-hydrogen) atoms. The number of guanidine groups is 1. The zero-order chi connectivity index (χ0) is 21.3. The van der Waals surface area contributed by atoms with Gasteiger partial charge in [-0.3, -0.25) is 19.9 Å². The first-order chi connectivity index (χ1) is 15.3. The Hall–Kier alpha value is -3.33. The molecule has 3 aromatic rings. The summed E-state index contributed by atoms with van der Waals surface area (Å²) in [6.45, 7) is 3.67. The highest BCUT2D eigenvalue weighted by atomic mass is 16.5. The van der Waals surface area contributed by atoms with E-state index in [2.05, 4.69) is 46.7 Å². The second-order valence-corrected chi connectivity index (χ2v) is 7.50. The lowest BCUT2D eigenvalue weighted by molar-refractivity contribution is 0.196. The first-order valence-electron chi connectivity index (χ1n) is 10.6. The SMILES string of the molecule is CN=C(NCCc1noc(-c2ccccn2)n1)NC1CCN(Cc2ccccn2)CC1. The molecule has 3 aromatic heterocycles. The van der Waals surface area contributed by atoms with E-state index in [0.717, 1.165) is 44.1 Å². The standard InChI is InChI=1S/C22H28N8O/c1-23-22(26-13-8-20-28-21(31-29-20)19-7-3-5-12-25-19)27-17-9-14-30(15-10-17)16-18-6-2-4-11-24-18/h2-7,11-12,17H,8-10,13-16H2,1H3,(H2,23,26,27). The Labute approximate surface area is 182 Å². The molecule has 0 unspecified atom stereocenters. The van der Waals surface area contributed by atoms with Gasteiger partial charge in [-0.15, -0.1) is 0 Å². The molecule has 4 rings (SSSR count). The van der Waals surface area contributed by atoms with Crippen molar-refractivity contribution in [2.45, 2.75) is 31.8 Å². The number of pyridine rings is 2. The van der Waals surface area contributed by atoms with E-state index in [1.807, 2.05) is 36.5 Å². The second-order valence-electron chi connectivity index (χ2n) is 7.50. The molecule has 1 aliphatic heterocycles. The van der Waals surface area contributed by atoms with Gasteiger partial charge in [0, 0.05) is 58.1 Å². The minimum Gasteiger partial charge on any atom is -0.356 e. The van der Waals surface area contributed by atoms with E-state index in [4.69, 9.17) is 4.52 Å². The van der Waals surface area contributed by atoms with Crippen LogP contribution >= 0.6 is 0 Å². The van der Waals surface area contributed by atoms with Crippen LogP contribution in [-0.2, 0) is 13.0 Å². The fourth-order valence-corrected chi connectivity index (χ4v) is 3.59. The number of nitrogens with one attached hydrogen (secondary N) is 2. The van der Waals surface area contributed by atoms with Gasteiger partial charge in [0.1, 0.15) is 5.69 Å². The molecule has 0 aliphatic carbocycles. The Morgan fingerprint density at radius 1 is 1.13 bits per heavy atom. The summed E-state index contributed by atoms with van der Waals surface area (Å²) in [4.78, 5) is 19.9. The highest BCUT2D eigenvalue weighted by Gasteiger charge is 2.20. The van der Waals surface area contributed by atoms with Gasteiger partial charge in [-0.1, -0.05) is 17.3 Å². The molecule has 0 radical (unpaired) electrons. The van der Waals surface area contributed by atoms with E-state index in [0.29, 0.717) is 36.4 Å². The number of hydrogen-bond acceptors (Lipinski definition) is 7. The quantitative estimate of drug-likeness (QED) is 0.441. The summed E-state index contributed by atoms with van der Waals surface area (Å²) < 4.78 is 5.30. The summed E-state index contributed by atoms with van der Waals surface area (Å²) in [5.74, 6) is 1.89. The fourth-order valence-electron chi connectivity index (χ4n) is 3.59. The van der Waals surface area contributed by atoms with Crippen molar-refractivity contribution in [3.63, 3.8) is 0 Å². The third-order valence-corrected chi connectivity index (χ3v) is 5.26. The van der Waals surface area contributed by atoms with Gasteiger partial charge in [-0.2, -0.15) is 4.98 Å². The lowest BCUT2D eigenvalue weighted by Gasteiger charge is -2.32. The number of hydrogen-bond donors (Lipinski definition) is 2. The van der Waals surface area contributed by atoms with Gasteiger partial charge in [-0.25, -0.2) is 0 Å². The van der Waals surface area contributed by atoms with Crippen LogP contribution in [-0.4, -0.2) is 63.7 Å². The molecule has 1 fully saturated rings. The van der Waals surface area contributed by atoms with Gasteiger partial charge in [0.05, 0.1) is 5.69 Å². The molecule has 0 aromatic carbocycles. The molecule has 1 saturated heterocycles. The topological polar surface area (TPSA) is 104 Å². The van der Waals surface area contributed by atoms with Crippen molar-refractivity contribution in [3.8, 4) is 11.6 Å². The molecule has 162 valence electrons. The number of likely N-dealkylation sites (tertiary alicyclic amines) is 1. The minimum absolute atomic E-state index is 0.409. The van der Waals surface area contributed by atoms with Crippen LogP contribution in [0, 0.1) is 0 Å². The second kappa shape index (κ2) is 10.6. The smallest absolute Gasteiger partial charge is 0.276 e. The largest absolute Gasteiger partial charge is 0.356 e. The molecule has 0 amide bonds. The molecule has 0 bridgehead atoms. The molecular weight excluding hydrogens is 392 g/mol. The van der Waals surface area contributed by atoms with Crippen molar-refractivity contribution >= 4 is 5.96 Å². The minimum atomic E-state index is 0.409. The Balaban J connectivity index is 1.18. The first-order valence-corrected chi connectivity index (χ1v) is 10.6. The summed E-state index contributed by atoms with van der Waals surface area (Å²) in [6, 6.07) is 12.1. The van der Waals surface area contributed by atoms with Crippen LogP contribution < -0.4 is 10.6 Å². The van der Waals surface area contributed by atoms with E-state index in [-0.39, 0.29) is 0 Å². The maximum Gasteiger partial charge on any atom is 0.276 e. The Kier molecular flexibility index (Phi) is 7.17. The van der Waals surface area contributed by atoms with E-state index in [9.17, 15) is 0 Å². The normalized spacial score (nSPS) is 15.7. The van der Waals surface area contributed by atoms with Crippen molar-refractivity contribution in [2.24, 2.45) is 4.99 Å². The van der Waals surface area contributed by atoms with Gasteiger partial charge in [0.25, 0.3) is 5.89 Å². The molecule has 0 spiro atoms. The summed E-state index contributed by atoms with van der Waals surface area (Å²) >= 11 is 0. The lowest BCUT2D eigenvalue weighted by Crippen LogP contribution is -2.48. The summed E-state index contributed by atoms with van der Waals surface area (Å²) in [7, 11) is 1.79. The van der Waals surface area contributed by atoms with Crippen LogP contribution in [0.1, 0.15) is 24.4 Å². The highest BCUT2D eigenvalue weighted by Crippen LogP contribution is 2.14. The average molecular weight is 421 g/mol. The van der Waals surface area contributed by atoms with Crippen molar-refractivity contribution in [1.29, 1.82) is 0 Å². The third kappa shape index (κ3) is 6.08. The molecular formula is C22H28N8O. The Morgan fingerprint density at radius 2 is 1.94 bits per heavy atom. The number of rotatable bonds is 7. The van der Waals surface area contributed by atoms with Crippen LogP contribution in [0.15, 0.2) is 58.3 Å². The van der Waals surface area contributed by atoms with Crippen LogP contribution in [0.4, 0.5) is 0 Å². The zero-order valence-corrected chi connectivity index (χ0v) is 17.7. The Bertz CT molecular complexity index is 952. The van der Waals surface area contributed by atoms with Crippen molar-refractivity contribution in [2.75, 3.05) is 26.7 Å². The molecule has 0 saturated carbocycles. The van der Waals surface area contributed by atoms with Gasteiger partial charge in [0.15, 0.2) is 11.8 Å². The van der Waals surface area contributed by atoms with Gasteiger partial charge >= 0.3 is 0 Å². The van der Waals surface area contributed by atoms with E-state index in [1.54, 1.807) is 13.2 Å². The van der Waals surface area contributed by atoms with Crippen LogP contribution in [0.5, 0.6) is 0 Å². The van der Waals surface area contributed by atoms with Crippen LogP contribution in [0.2, 0.25) is 0 Å². The number of nitrogens with zero attached hydrogens (tertiary/aromatic N) is 6. The summed E-state index contributed by atoms with van der Waals surface area (Å²) in [5, 5.41) is 10.9. The van der Waals surface area contributed by atoms with Gasteiger partial charge in [-0.05, 0) is 37.1 Å². The zero-order valence-electron chi connectivity index (χ0n) is 17.7. The fraction of sp³-hybridized carbons (Fsp3) is 0.409. The predicted octanol–water partition coefficient (Wildman–Crippen LogP) is 1.90. The summed E-state index contributed by atoms with van der Waals surface area (Å²) in [6.07, 6.45) is 6.35. The number of aliphatic imine (C=N–C) groups is 1. The predicted molar refractivity (Wildman–Crippen MR) is 118 cm³/mol. The van der Waals surface area contributed by atoms with Crippen LogP contribution in [0.25, 0.3) is 11.6 Å². The molecule has 9 heteroatoms. The molecule has 4 heterocycles. The first kappa shape index (κ1) is 20.9. The van der Waals surface area contributed by atoms with E-state index < -0.39 is 0 Å². The summed E-state index contributed by atoms with van der Waals surface area (Å²) in [5.41, 5.74) is 1.81. The maximum atomic E-state index is 5.30. The van der Waals surface area contributed by atoms with Crippen molar-refractivity contribution in [3.05, 3.63) is 60.3 Å². The highest BCUT2D eigenvalue weighted by molar-refractivity contribution is 5.79. The third-order valence-electron chi connectivity index (χ3n) is 5.26. The van der Waals surface area contributed by atoms with E-state index >= 15 is 0 Å². The molecule has 9 nitrogen and oxygen atoms in total. The molecule has 2 N–H and O–H groups in total. The maximum absolute atomic E-state index is 5.30. The van der Waals surface area contributed by atoms with E-state index in [1.165, 1.54) is 0 Å². The average Bonchev–Trinajstić information content (AvgIpc) is 3.30. The van der Waals surface area contributed by atoms with Gasteiger partial charge in [0.2, 0.25) is 0 Å². The number of aromatic nitrogens is 4. The monoisotopic (exact) mass is 420 g/mol. The number of piperidine rings is 1.